The van der Waals surface area contributed by atoms with Gasteiger partial charge in [-0.3, -0.25) is 0 Å². The minimum Gasteiger partial charge on any atom is -0.0619 e. The second-order valence-corrected chi connectivity index (χ2v) is 4.97. The maximum absolute atomic E-state index is 2.36. The predicted octanol–water partition coefficient (Wildman–Crippen LogP) is 4.02. The first-order valence-corrected chi connectivity index (χ1v) is 5.35. The highest BCUT2D eigenvalue weighted by Gasteiger charge is 2.33. The van der Waals surface area contributed by atoms with E-state index in [0.29, 0.717) is 5.92 Å². The van der Waals surface area contributed by atoms with Gasteiger partial charge in [-0.25, -0.2) is 0 Å². The van der Waals surface area contributed by atoms with Gasteiger partial charge in [0.1, 0.15) is 0 Å². The lowest BCUT2D eigenvalue weighted by Gasteiger charge is -2.27. The third-order valence-corrected chi connectivity index (χ3v) is 3.29. The Hall–Kier alpha value is -1.04. The van der Waals surface area contributed by atoms with Crippen molar-refractivity contribution in [3.05, 3.63) is 41.0 Å². The second-order valence-electron chi connectivity index (χ2n) is 4.97. The standard InChI is InChI=1S/C14H18/c1-10(2)13-9-11-7-5-6-8-12(11)14(13,3)4/h5-10H,1-4H3. The maximum atomic E-state index is 2.36. The summed E-state index contributed by atoms with van der Waals surface area (Å²) in [4.78, 5) is 0. The van der Waals surface area contributed by atoms with Gasteiger partial charge in [0.15, 0.2) is 0 Å². The van der Waals surface area contributed by atoms with E-state index in [4.69, 9.17) is 0 Å². The van der Waals surface area contributed by atoms with Crippen LogP contribution in [0.4, 0.5) is 0 Å². The lowest BCUT2D eigenvalue weighted by molar-refractivity contribution is 0.556. The average Bonchev–Trinajstić information content (AvgIpc) is 2.39. The molecule has 2 rings (SSSR count). The Labute approximate surface area is 86.7 Å². The van der Waals surface area contributed by atoms with Gasteiger partial charge < -0.3 is 0 Å². The Morgan fingerprint density at radius 1 is 1.07 bits per heavy atom. The van der Waals surface area contributed by atoms with Crippen molar-refractivity contribution in [2.24, 2.45) is 5.92 Å². The molecule has 1 aliphatic carbocycles. The summed E-state index contributed by atoms with van der Waals surface area (Å²) in [7, 11) is 0. The van der Waals surface area contributed by atoms with E-state index in [2.05, 4.69) is 58.0 Å². The number of hydrogen-bond acceptors (Lipinski definition) is 0. The fourth-order valence-corrected chi connectivity index (χ4v) is 2.58. The highest BCUT2D eigenvalue weighted by atomic mass is 14.4. The lowest BCUT2D eigenvalue weighted by atomic mass is 9.77. The van der Waals surface area contributed by atoms with Crippen molar-refractivity contribution in [1.82, 2.24) is 0 Å². The SMILES string of the molecule is CC(C)C1=Cc2ccccc2C1(C)C. The van der Waals surface area contributed by atoms with Crippen molar-refractivity contribution in [3.8, 4) is 0 Å². The molecule has 14 heavy (non-hydrogen) atoms. The van der Waals surface area contributed by atoms with Crippen LogP contribution in [0.5, 0.6) is 0 Å². The van der Waals surface area contributed by atoms with Crippen LogP contribution in [0.1, 0.15) is 38.8 Å². The first-order valence-electron chi connectivity index (χ1n) is 5.35. The summed E-state index contributed by atoms with van der Waals surface area (Å²) in [6.07, 6.45) is 2.36. The molecule has 0 atom stereocenters. The Morgan fingerprint density at radius 3 is 2.29 bits per heavy atom. The number of fused-ring (bicyclic) bond motifs is 1. The molecule has 0 aliphatic heterocycles. The van der Waals surface area contributed by atoms with Gasteiger partial charge in [0.05, 0.1) is 0 Å². The second kappa shape index (κ2) is 2.98. The molecule has 1 aliphatic rings. The molecule has 0 radical (unpaired) electrons. The van der Waals surface area contributed by atoms with Gasteiger partial charge >= 0.3 is 0 Å². The van der Waals surface area contributed by atoms with Crippen molar-refractivity contribution >= 4 is 6.08 Å². The minimum absolute atomic E-state index is 0.227. The zero-order valence-corrected chi connectivity index (χ0v) is 9.46. The molecule has 0 fully saturated rings. The molecule has 0 heterocycles. The highest BCUT2D eigenvalue weighted by molar-refractivity contribution is 5.69. The quantitative estimate of drug-likeness (QED) is 0.621. The van der Waals surface area contributed by atoms with Crippen molar-refractivity contribution in [2.45, 2.75) is 33.1 Å². The Balaban J connectivity index is 2.56. The number of hydrogen-bond donors (Lipinski definition) is 0. The topological polar surface area (TPSA) is 0 Å². The summed E-state index contributed by atoms with van der Waals surface area (Å²) in [6, 6.07) is 8.72. The van der Waals surface area contributed by atoms with Crippen LogP contribution < -0.4 is 0 Å². The van der Waals surface area contributed by atoms with E-state index >= 15 is 0 Å². The number of benzene rings is 1. The molecule has 0 spiro atoms. The summed E-state index contributed by atoms with van der Waals surface area (Å²) in [6.45, 7) is 9.20. The van der Waals surface area contributed by atoms with Gasteiger partial charge in [-0.05, 0) is 17.0 Å². The zero-order chi connectivity index (χ0) is 10.3. The predicted molar refractivity (Wildman–Crippen MR) is 62.3 cm³/mol. The van der Waals surface area contributed by atoms with Crippen molar-refractivity contribution in [3.63, 3.8) is 0 Å². The zero-order valence-electron chi connectivity index (χ0n) is 9.46. The molecule has 74 valence electrons. The van der Waals surface area contributed by atoms with Crippen molar-refractivity contribution in [2.75, 3.05) is 0 Å². The average molecular weight is 186 g/mol. The van der Waals surface area contributed by atoms with Crippen LogP contribution in [-0.4, -0.2) is 0 Å². The lowest BCUT2D eigenvalue weighted by Crippen LogP contribution is -2.20. The van der Waals surface area contributed by atoms with Crippen molar-refractivity contribution < 1.29 is 0 Å². The van der Waals surface area contributed by atoms with Crippen LogP contribution in [0.25, 0.3) is 6.08 Å². The van der Waals surface area contributed by atoms with Gasteiger partial charge in [-0.15, -0.1) is 0 Å². The van der Waals surface area contributed by atoms with E-state index in [1.165, 1.54) is 11.1 Å². The summed E-state index contributed by atoms with van der Waals surface area (Å²) in [5.41, 5.74) is 4.66. The van der Waals surface area contributed by atoms with Crippen LogP contribution in [0.2, 0.25) is 0 Å². The molecule has 0 unspecified atom stereocenters. The number of rotatable bonds is 1. The molecule has 0 heteroatoms. The summed E-state index contributed by atoms with van der Waals surface area (Å²) >= 11 is 0. The third-order valence-electron chi connectivity index (χ3n) is 3.29. The fraction of sp³-hybridized carbons (Fsp3) is 0.429. The largest absolute Gasteiger partial charge is 0.0619 e. The molecule has 1 aromatic rings. The van der Waals surface area contributed by atoms with E-state index in [1.54, 1.807) is 5.57 Å². The van der Waals surface area contributed by atoms with E-state index in [9.17, 15) is 0 Å². The molecule has 1 aromatic carbocycles. The monoisotopic (exact) mass is 186 g/mol. The van der Waals surface area contributed by atoms with Gasteiger partial charge in [-0.1, -0.05) is 63.6 Å². The van der Waals surface area contributed by atoms with Crippen molar-refractivity contribution in [1.29, 1.82) is 0 Å². The van der Waals surface area contributed by atoms with Gasteiger partial charge in [-0.2, -0.15) is 0 Å². The van der Waals surface area contributed by atoms with Crippen LogP contribution in [-0.2, 0) is 5.41 Å². The molecule has 0 saturated heterocycles. The molecule has 0 aromatic heterocycles. The Kier molecular flexibility index (Phi) is 2.02. The fourth-order valence-electron chi connectivity index (χ4n) is 2.58. The highest BCUT2D eigenvalue weighted by Crippen LogP contribution is 2.44. The Morgan fingerprint density at radius 2 is 1.71 bits per heavy atom. The van der Waals surface area contributed by atoms with E-state index in [1.807, 2.05) is 0 Å². The van der Waals surface area contributed by atoms with Crippen LogP contribution in [0.3, 0.4) is 0 Å². The summed E-state index contributed by atoms with van der Waals surface area (Å²) in [5, 5.41) is 0. The number of allylic oxidation sites excluding steroid dienone is 1. The molecule has 0 bridgehead atoms. The van der Waals surface area contributed by atoms with Gasteiger partial charge in [0.25, 0.3) is 0 Å². The van der Waals surface area contributed by atoms with Gasteiger partial charge in [0, 0.05) is 5.41 Å². The van der Waals surface area contributed by atoms with E-state index in [-0.39, 0.29) is 5.41 Å². The summed E-state index contributed by atoms with van der Waals surface area (Å²) < 4.78 is 0. The van der Waals surface area contributed by atoms with Crippen LogP contribution in [0, 0.1) is 5.92 Å². The van der Waals surface area contributed by atoms with Gasteiger partial charge in [0.2, 0.25) is 0 Å². The van der Waals surface area contributed by atoms with E-state index in [0.717, 1.165) is 0 Å². The minimum atomic E-state index is 0.227. The molecular weight excluding hydrogens is 168 g/mol. The molecular formula is C14H18. The maximum Gasteiger partial charge on any atom is 0.0117 e. The van der Waals surface area contributed by atoms with E-state index < -0.39 is 0 Å². The first-order chi connectivity index (χ1) is 6.53. The molecule has 0 nitrogen and oxygen atoms in total. The molecule has 0 N–H and O–H groups in total. The molecule has 0 amide bonds. The normalized spacial score (nSPS) is 18.2. The third kappa shape index (κ3) is 1.21. The van der Waals surface area contributed by atoms with Crippen LogP contribution >= 0.6 is 0 Å². The first kappa shape index (κ1) is 9.51. The molecule has 0 saturated carbocycles. The summed E-state index contributed by atoms with van der Waals surface area (Å²) in [5.74, 6) is 0.636. The smallest absolute Gasteiger partial charge is 0.0117 e. The Bertz CT molecular complexity index is 381. The van der Waals surface area contributed by atoms with Crippen LogP contribution in [0.15, 0.2) is 29.8 Å².